The second-order valence-corrected chi connectivity index (χ2v) is 2.87. The van der Waals surface area contributed by atoms with Gasteiger partial charge in [0.2, 0.25) is 0 Å². The van der Waals surface area contributed by atoms with Crippen LogP contribution in [-0.4, -0.2) is 17.3 Å². The van der Waals surface area contributed by atoms with Crippen molar-refractivity contribution in [1.82, 2.24) is 0 Å². The first-order valence-corrected chi connectivity index (χ1v) is 3.81. The fourth-order valence-corrected chi connectivity index (χ4v) is 1.33. The zero-order valence-corrected chi connectivity index (χ0v) is 7.72. The Hall–Kier alpha value is -0.970. The van der Waals surface area contributed by atoms with Gasteiger partial charge in [0.25, 0.3) is 0 Å². The Kier molecular flexibility index (Phi) is 2.42. The molecule has 5 heteroatoms. The van der Waals surface area contributed by atoms with E-state index in [2.05, 4.69) is 20.7 Å². The van der Waals surface area contributed by atoms with Gasteiger partial charge in [0, 0.05) is 6.07 Å². The van der Waals surface area contributed by atoms with Crippen LogP contribution in [-0.2, 0) is 0 Å². The first kappa shape index (κ1) is 9.12. The molecule has 3 nitrogen and oxygen atoms in total. The van der Waals surface area contributed by atoms with E-state index >= 15 is 0 Å². The predicted octanol–water partition coefficient (Wildman–Crippen LogP) is 2.01. The number of ether oxygens (including phenoxy) is 1. The normalized spacial score (nSPS) is 9.92. The van der Waals surface area contributed by atoms with E-state index in [-0.39, 0.29) is 16.0 Å². The smallest absolute Gasteiger partial charge is 0.178 e. The maximum Gasteiger partial charge on any atom is 0.178 e. The minimum atomic E-state index is -0.903. The van der Waals surface area contributed by atoms with Gasteiger partial charge >= 0.3 is 0 Å². The quantitative estimate of drug-likeness (QED) is 0.734. The number of halogens is 2. The van der Waals surface area contributed by atoms with Gasteiger partial charge in [-0.1, -0.05) is 0 Å². The third-order valence-electron chi connectivity index (χ3n) is 1.33. The molecule has 0 aliphatic carbocycles. The Morgan fingerprint density at radius 1 is 1.50 bits per heavy atom. The van der Waals surface area contributed by atoms with Crippen LogP contribution in [0, 0.1) is 5.82 Å². The Morgan fingerprint density at radius 2 is 2.08 bits per heavy atom. The lowest BCUT2D eigenvalue weighted by atomic mass is 10.3. The third-order valence-corrected chi connectivity index (χ3v) is 2.07. The first-order valence-electron chi connectivity index (χ1n) is 3.01. The molecule has 0 aliphatic heterocycles. The van der Waals surface area contributed by atoms with Crippen LogP contribution >= 0.6 is 15.9 Å². The highest BCUT2D eigenvalue weighted by molar-refractivity contribution is 9.10. The molecule has 1 aromatic carbocycles. The summed E-state index contributed by atoms with van der Waals surface area (Å²) in [5.74, 6) is -1.83. The average molecular weight is 237 g/mol. The molecule has 0 fully saturated rings. The monoisotopic (exact) mass is 236 g/mol. The van der Waals surface area contributed by atoms with Crippen molar-refractivity contribution in [3.05, 3.63) is 16.4 Å². The summed E-state index contributed by atoms with van der Waals surface area (Å²) in [6, 6.07) is 0.777. The second kappa shape index (κ2) is 3.18. The summed E-state index contributed by atoms with van der Waals surface area (Å²) in [5, 5.41) is 18.1. The van der Waals surface area contributed by atoms with Gasteiger partial charge in [-0.15, -0.1) is 0 Å². The lowest BCUT2D eigenvalue weighted by Crippen LogP contribution is -1.87. The highest BCUT2D eigenvalue weighted by Crippen LogP contribution is 2.41. The van der Waals surface area contributed by atoms with Gasteiger partial charge in [0.15, 0.2) is 23.1 Å². The number of benzene rings is 1. The van der Waals surface area contributed by atoms with Crippen LogP contribution < -0.4 is 4.74 Å². The van der Waals surface area contributed by atoms with Crippen molar-refractivity contribution in [2.24, 2.45) is 0 Å². The Bertz CT molecular complexity index is 314. The molecule has 0 radical (unpaired) electrons. The molecular formula is C7H6BrFO3. The maximum absolute atomic E-state index is 12.7. The largest absolute Gasteiger partial charge is 0.504 e. The van der Waals surface area contributed by atoms with Crippen LogP contribution in [0.4, 0.5) is 4.39 Å². The molecular weight excluding hydrogens is 231 g/mol. The topological polar surface area (TPSA) is 49.7 Å². The number of hydrogen-bond donors (Lipinski definition) is 2. The molecule has 0 aromatic heterocycles. The Morgan fingerprint density at radius 3 is 2.58 bits per heavy atom. The van der Waals surface area contributed by atoms with Crippen LogP contribution in [0.1, 0.15) is 0 Å². The Labute approximate surface area is 76.5 Å². The molecule has 0 spiro atoms. The number of phenols is 2. The number of methoxy groups -OCH3 is 1. The van der Waals surface area contributed by atoms with Gasteiger partial charge in [-0.2, -0.15) is 0 Å². The molecule has 0 aliphatic rings. The molecule has 12 heavy (non-hydrogen) atoms. The number of phenolic OH excluding ortho intramolecular Hbond substituents is 2. The van der Waals surface area contributed by atoms with Crippen LogP contribution in [0.25, 0.3) is 0 Å². The van der Waals surface area contributed by atoms with E-state index in [0.717, 1.165) is 6.07 Å². The van der Waals surface area contributed by atoms with E-state index in [0.29, 0.717) is 0 Å². The lowest BCUT2D eigenvalue weighted by molar-refractivity contribution is 0.356. The summed E-state index contributed by atoms with van der Waals surface area (Å²) < 4.78 is 17.4. The Balaban J connectivity index is 3.40. The van der Waals surface area contributed by atoms with Gasteiger partial charge < -0.3 is 14.9 Å². The molecule has 66 valence electrons. The van der Waals surface area contributed by atoms with Crippen molar-refractivity contribution >= 4 is 15.9 Å². The summed E-state index contributed by atoms with van der Waals surface area (Å²) in [7, 11) is 1.30. The molecule has 0 atom stereocenters. The highest BCUT2D eigenvalue weighted by atomic mass is 79.9. The molecule has 0 amide bonds. The minimum absolute atomic E-state index is 0.00231. The standard InChI is InChI=1S/C7H6BrFO3/c1-12-7-4(10)2-3(9)6(11)5(7)8/h2,10-11H,1H3. The van der Waals surface area contributed by atoms with Crippen LogP contribution in [0.2, 0.25) is 0 Å². The van der Waals surface area contributed by atoms with Gasteiger partial charge in [-0.25, -0.2) is 4.39 Å². The molecule has 0 saturated carbocycles. The first-order chi connectivity index (χ1) is 5.57. The minimum Gasteiger partial charge on any atom is -0.504 e. The summed E-state index contributed by atoms with van der Waals surface area (Å²) >= 11 is 2.87. The summed E-state index contributed by atoms with van der Waals surface area (Å²) in [6.45, 7) is 0. The highest BCUT2D eigenvalue weighted by Gasteiger charge is 2.15. The molecule has 2 N–H and O–H groups in total. The van der Waals surface area contributed by atoms with E-state index in [1.165, 1.54) is 7.11 Å². The van der Waals surface area contributed by atoms with Crippen molar-refractivity contribution in [2.75, 3.05) is 7.11 Å². The molecule has 0 saturated heterocycles. The number of rotatable bonds is 1. The van der Waals surface area contributed by atoms with E-state index in [9.17, 15) is 4.39 Å². The summed E-state index contributed by atoms with van der Waals surface area (Å²) in [6.07, 6.45) is 0. The molecule has 0 unspecified atom stereocenters. The third kappa shape index (κ3) is 1.32. The van der Waals surface area contributed by atoms with Gasteiger partial charge in [0.05, 0.1) is 7.11 Å². The van der Waals surface area contributed by atoms with E-state index in [1.807, 2.05) is 0 Å². The second-order valence-electron chi connectivity index (χ2n) is 2.07. The number of aromatic hydroxyl groups is 2. The van der Waals surface area contributed by atoms with E-state index in [4.69, 9.17) is 10.2 Å². The average Bonchev–Trinajstić information content (AvgIpc) is 2.01. The van der Waals surface area contributed by atoms with E-state index < -0.39 is 11.6 Å². The van der Waals surface area contributed by atoms with Crippen LogP contribution in [0.15, 0.2) is 10.5 Å². The number of hydrogen-bond acceptors (Lipinski definition) is 3. The van der Waals surface area contributed by atoms with Crippen molar-refractivity contribution < 1.29 is 19.3 Å². The molecule has 0 heterocycles. The van der Waals surface area contributed by atoms with Gasteiger partial charge in [-0.3, -0.25) is 0 Å². The van der Waals surface area contributed by atoms with Crippen molar-refractivity contribution in [2.45, 2.75) is 0 Å². The molecule has 1 rings (SSSR count). The van der Waals surface area contributed by atoms with E-state index in [1.54, 1.807) is 0 Å². The van der Waals surface area contributed by atoms with Crippen LogP contribution in [0.3, 0.4) is 0 Å². The van der Waals surface area contributed by atoms with Crippen molar-refractivity contribution in [3.8, 4) is 17.2 Å². The van der Waals surface area contributed by atoms with Gasteiger partial charge in [0.1, 0.15) is 4.47 Å². The summed E-state index contributed by atoms with van der Waals surface area (Å²) in [5.41, 5.74) is 0. The van der Waals surface area contributed by atoms with Crippen LogP contribution in [0.5, 0.6) is 17.2 Å². The molecule has 1 aromatic rings. The predicted molar refractivity (Wildman–Crippen MR) is 44.0 cm³/mol. The maximum atomic E-state index is 12.7. The SMILES string of the molecule is COc1c(O)cc(F)c(O)c1Br. The zero-order valence-electron chi connectivity index (χ0n) is 6.14. The van der Waals surface area contributed by atoms with Crippen molar-refractivity contribution in [3.63, 3.8) is 0 Å². The fourth-order valence-electron chi connectivity index (χ4n) is 0.773. The summed E-state index contributed by atoms with van der Waals surface area (Å²) in [4.78, 5) is 0. The molecule has 0 bridgehead atoms. The fraction of sp³-hybridized carbons (Fsp3) is 0.143. The lowest BCUT2D eigenvalue weighted by Gasteiger charge is -2.07. The zero-order chi connectivity index (χ0) is 9.30. The van der Waals surface area contributed by atoms with Gasteiger partial charge in [-0.05, 0) is 15.9 Å². The van der Waals surface area contributed by atoms with Crippen molar-refractivity contribution in [1.29, 1.82) is 0 Å².